The Bertz CT molecular complexity index is 621. The predicted molar refractivity (Wildman–Crippen MR) is 80.8 cm³/mol. The zero-order chi connectivity index (χ0) is 15.8. The van der Waals surface area contributed by atoms with Crippen LogP contribution in [0, 0.1) is 17.1 Å². The lowest BCUT2D eigenvalue weighted by atomic mass is 10.1. The fraction of sp³-hybridized carbons (Fsp3) is 0.235. The molecule has 2 rings (SSSR count). The summed E-state index contributed by atoms with van der Waals surface area (Å²) in [6.45, 7) is 1.10. The molecule has 0 spiro atoms. The second-order valence-electron chi connectivity index (χ2n) is 4.86. The van der Waals surface area contributed by atoms with E-state index < -0.39 is 6.10 Å². The number of aliphatic hydroxyl groups is 1. The molecule has 0 unspecified atom stereocenters. The van der Waals surface area contributed by atoms with E-state index in [0.29, 0.717) is 24.4 Å². The molecular formula is C17H17FN2O2. The van der Waals surface area contributed by atoms with Crippen molar-refractivity contribution >= 4 is 0 Å². The lowest BCUT2D eigenvalue weighted by molar-refractivity contribution is 0.106. The van der Waals surface area contributed by atoms with Crippen LogP contribution in [0.25, 0.3) is 0 Å². The number of hydrogen-bond donors (Lipinski definition) is 2. The highest BCUT2D eigenvalue weighted by molar-refractivity contribution is 5.31. The molecule has 0 aromatic heterocycles. The van der Waals surface area contributed by atoms with Crippen LogP contribution in [0.4, 0.5) is 4.39 Å². The number of aliphatic hydroxyl groups excluding tert-OH is 1. The van der Waals surface area contributed by atoms with Gasteiger partial charge in [-0.25, -0.2) is 4.39 Å². The lowest BCUT2D eigenvalue weighted by Gasteiger charge is -2.13. The number of nitrogens with zero attached hydrogens (tertiary/aromatic N) is 1. The van der Waals surface area contributed by atoms with Gasteiger partial charge in [-0.2, -0.15) is 5.26 Å². The monoisotopic (exact) mass is 300 g/mol. The zero-order valence-corrected chi connectivity index (χ0v) is 12.0. The normalized spacial score (nSPS) is 11.7. The van der Waals surface area contributed by atoms with Crippen molar-refractivity contribution in [3.8, 4) is 11.8 Å². The molecule has 0 aliphatic heterocycles. The fourth-order valence-electron chi connectivity index (χ4n) is 1.86. The first-order valence-electron chi connectivity index (χ1n) is 6.93. The molecule has 0 heterocycles. The number of rotatable bonds is 7. The smallest absolute Gasteiger partial charge is 0.123 e. The Morgan fingerprint density at radius 3 is 2.45 bits per heavy atom. The zero-order valence-electron chi connectivity index (χ0n) is 12.0. The first-order chi connectivity index (χ1) is 10.7. The van der Waals surface area contributed by atoms with Gasteiger partial charge in [0.05, 0.1) is 11.6 Å². The average molecular weight is 300 g/mol. The van der Waals surface area contributed by atoms with E-state index in [-0.39, 0.29) is 12.4 Å². The van der Waals surface area contributed by atoms with Crippen molar-refractivity contribution in [3.63, 3.8) is 0 Å². The van der Waals surface area contributed by atoms with Gasteiger partial charge in [0.2, 0.25) is 0 Å². The first kappa shape index (κ1) is 16.0. The van der Waals surface area contributed by atoms with Gasteiger partial charge in [-0.15, -0.1) is 0 Å². The maximum atomic E-state index is 12.7. The maximum absolute atomic E-state index is 12.7. The summed E-state index contributed by atoms with van der Waals surface area (Å²) in [4.78, 5) is 0. The molecule has 2 aromatic carbocycles. The molecule has 2 aromatic rings. The lowest BCUT2D eigenvalue weighted by Crippen LogP contribution is -2.31. The molecule has 0 radical (unpaired) electrons. The van der Waals surface area contributed by atoms with Crippen molar-refractivity contribution in [2.75, 3.05) is 13.2 Å². The molecule has 0 fully saturated rings. The second-order valence-corrected chi connectivity index (χ2v) is 4.86. The quantitative estimate of drug-likeness (QED) is 0.823. The molecule has 0 aliphatic rings. The van der Waals surface area contributed by atoms with E-state index in [4.69, 9.17) is 10.00 Å². The average Bonchev–Trinajstić information content (AvgIpc) is 2.55. The highest BCUT2D eigenvalue weighted by atomic mass is 19.1. The van der Waals surface area contributed by atoms with Crippen LogP contribution in [0.1, 0.15) is 11.1 Å². The summed E-state index contributed by atoms with van der Waals surface area (Å²) in [7, 11) is 0. The van der Waals surface area contributed by atoms with Gasteiger partial charge in [0.25, 0.3) is 0 Å². The summed E-state index contributed by atoms with van der Waals surface area (Å²) in [6.07, 6.45) is -0.663. The van der Waals surface area contributed by atoms with Crippen molar-refractivity contribution < 1.29 is 14.2 Å². The van der Waals surface area contributed by atoms with Gasteiger partial charge in [-0.05, 0) is 42.0 Å². The van der Waals surface area contributed by atoms with Gasteiger partial charge < -0.3 is 15.2 Å². The van der Waals surface area contributed by atoms with Crippen LogP contribution >= 0.6 is 0 Å². The summed E-state index contributed by atoms with van der Waals surface area (Å²) >= 11 is 0. The molecule has 22 heavy (non-hydrogen) atoms. The van der Waals surface area contributed by atoms with Gasteiger partial charge in [-0.3, -0.25) is 0 Å². The standard InChI is InChI=1S/C17H17FN2O2/c18-15-5-7-17(8-6-15)22-12-16(21)11-20-10-14-3-1-13(9-19)2-4-14/h1-8,16,20-21H,10-12H2/t16-/m0/s1. The third-order valence-electron chi connectivity index (χ3n) is 3.05. The van der Waals surface area contributed by atoms with Gasteiger partial charge in [0.15, 0.2) is 0 Å². The third-order valence-corrected chi connectivity index (χ3v) is 3.05. The summed E-state index contributed by atoms with van der Waals surface area (Å²) in [5.41, 5.74) is 1.65. The first-order valence-corrected chi connectivity index (χ1v) is 6.93. The molecule has 114 valence electrons. The maximum Gasteiger partial charge on any atom is 0.123 e. The third kappa shape index (κ3) is 5.17. The minimum atomic E-state index is -0.663. The van der Waals surface area contributed by atoms with Crippen LogP contribution in [-0.2, 0) is 6.54 Å². The second kappa shape index (κ2) is 8.13. The largest absolute Gasteiger partial charge is 0.491 e. The van der Waals surface area contributed by atoms with E-state index in [2.05, 4.69) is 11.4 Å². The van der Waals surface area contributed by atoms with Crippen LogP contribution in [0.2, 0.25) is 0 Å². The fourth-order valence-corrected chi connectivity index (χ4v) is 1.86. The van der Waals surface area contributed by atoms with Crippen molar-refractivity contribution in [1.82, 2.24) is 5.32 Å². The summed E-state index contributed by atoms with van der Waals surface area (Å²) < 4.78 is 18.1. The highest BCUT2D eigenvalue weighted by Gasteiger charge is 2.05. The molecule has 1 atom stereocenters. The Morgan fingerprint density at radius 2 is 1.82 bits per heavy atom. The molecule has 2 N–H and O–H groups in total. The van der Waals surface area contributed by atoms with Gasteiger partial charge in [0, 0.05) is 13.1 Å². The molecule has 0 saturated heterocycles. The predicted octanol–water partition coefficient (Wildman–Crippen LogP) is 2.23. The topological polar surface area (TPSA) is 65.3 Å². The van der Waals surface area contributed by atoms with Crippen molar-refractivity contribution in [2.45, 2.75) is 12.6 Å². The Hall–Kier alpha value is -2.42. The Morgan fingerprint density at radius 1 is 1.14 bits per heavy atom. The van der Waals surface area contributed by atoms with E-state index in [9.17, 15) is 9.50 Å². The van der Waals surface area contributed by atoms with Crippen LogP contribution in [0.5, 0.6) is 5.75 Å². The Labute approximate surface area is 128 Å². The number of benzene rings is 2. The summed E-state index contributed by atoms with van der Waals surface area (Å²) in [6, 6.07) is 15.0. The molecule has 0 amide bonds. The molecule has 0 bridgehead atoms. The van der Waals surface area contributed by atoms with Crippen LogP contribution in [0.3, 0.4) is 0 Å². The number of hydrogen-bond acceptors (Lipinski definition) is 4. The molecule has 0 saturated carbocycles. The van der Waals surface area contributed by atoms with Gasteiger partial charge >= 0.3 is 0 Å². The van der Waals surface area contributed by atoms with Crippen molar-refractivity contribution in [1.29, 1.82) is 5.26 Å². The Kier molecular flexibility index (Phi) is 5.90. The summed E-state index contributed by atoms with van der Waals surface area (Å²) in [5.74, 6) is 0.199. The number of nitriles is 1. The van der Waals surface area contributed by atoms with Crippen LogP contribution < -0.4 is 10.1 Å². The van der Waals surface area contributed by atoms with E-state index in [1.165, 1.54) is 24.3 Å². The van der Waals surface area contributed by atoms with Gasteiger partial charge in [-0.1, -0.05) is 12.1 Å². The van der Waals surface area contributed by atoms with Crippen molar-refractivity contribution in [2.24, 2.45) is 0 Å². The van der Waals surface area contributed by atoms with E-state index >= 15 is 0 Å². The minimum absolute atomic E-state index is 0.131. The highest BCUT2D eigenvalue weighted by Crippen LogP contribution is 2.11. The van der Waals surface area contributed by atoms with Crippen molar-refractivity contribution in [3.05, 3.63) is 65.5 Å². The molecule has 4 nitrogen and oxygen atoms in total. The number of nitrogens with one attached hydrogen (secondary N) is 1. The minimum Gasteiger partial charge on any atom is -0.491 e. The SMILES string of the molecule is N#Cc1ccc(CNC[C@H](O)COc2ccc(F)cc2)cc1. The van der Waals surface area contributed by atoms with E-state index in [0.717, 1.165) is 5.56 Å². The summed E-state index contributed by atoms with van der Waals surface area (Å²) in [5, 5.41) is 21.6. The van der Waals surface area contributed by atoms with E-state index in [1.807, 2.05) is 12.1 Å². The molecular weight excluding hydrogens is 283 g/mol. The molecule has 5 heteroatoms. The Balaban J connectivity index is 1.67. The number of halogens is 1. The van der Waals surface area contributed by atoms with Crippen LogP contribution in [0.15, 0.2) is 48.5 Å². The van der Waals surface area contributed by atoms with E-state index in [1.54, 1.807) is 12.1 Å². The molecule has 0 aliphatic carbocycles. The van der Waals surface area contributed by atoms with Crippen LogP contribution in [-0.4, -0.2) is 24.4 Å². The number of ether oxygens (including phenoxy) is 1. The van der Waals surface area contributed by atoms with Gasteiger partial charge in [0.1, 0.15) is 24.3 Å².